The van der Waals surface area contributed by atoms with Gasteiger partial charge in [-0.3, -0.25) is 9.36 Å². The average Bonchev–Trinajstić information content (AvgIpc) is 2.29. The van der Waals surface area contributed by atoms with Gasteiger partial charge in [-0.25, -0.2) is 0 Å². The van der Waals surface area contributed by atoms with E-state index in [1.165, 1.54) is 35.0 Å². The fraction of sp³-hybridized carbons (Fsp3) is 0.0833. The zero-order valence-electron chi connectivity index (χ0n) is 10.8. The van der Waals surface area contributed by atoms with E-state index in [2.05, 4.69) is 0 Å². The third kappa shape index (κ3) is 1.91. The third-order valence-electron chi connectivity index (χ3n) is 2.04. The summed E-state index contributed by atoms with van der Waals surface area (Å²) < 4.78 is 23.2. The summed E-state index contributed by atoms with van der Waals surface area (Å²) in [7, 11) is 0. The second kappa shape index (κ2) is 3.61. The van der Waals surface area contributed by atoms with Crippen molar-refractivity contribution in [1.82, 2.24) is 4.57 Å². The molecule has 0 bridgehead atoms. The Morgan fingerprint density at radius 3 is 2.60 bits per heavy atom. The summed E-state index contributed by atoms with van der Waals surface area (Å²) in [5.41, 5.74) is 0.271. The van der Waals surface area contributed by atoms with Crippen LogP contribution in [-0.4, -0.2) is 9.67 Å². The van der Waals surface area contributed by atoms with E-state index < -0.39 is 6.85 Å². The lowest BCUT2D eigenvalue weighted by molar-refractivity contribution is 0.475. The van der Waals surface area contributed by atoms with Crippen LogP contribution in [0.5, 0.6) is 5.75 Å². The fourth-order valence-electron chi connectivity index (χ4n) is 1.30. The zero-order valence-corrected chi connectivity index (χ0v) is 7.84. The molecule has 2 aromatic rings. The predicted molar refractivity (Wildman–Crippen MR) is 58.4 cm³/mol. The minimum atomic E-state index is -2.26. The molecule has 1 N–H and O–H groups in total. The maximum Gasteiger partial charge on any atom is 0.255 e. The van der Waals surface area contributed by atoms with Crippen LogP contribution in [0.3, 0.4) is 0 Å². The molecule has 1 aromatic heterocycles. The lowest BCUT2D eigenvalue weighted by Gasteiger charge is -2.05. The lowest BCUT2D eigenvalue weighted by atomic mass is 10.2. The number of nitrogens with zero attached hydrogens (tertiary/aromatic N) is 1. The molecule has 2 rings (SSSR count). The molecule has 3 heteroatoms. The standard InChI is InChI=1S/C12H11NO2/c1-9-2-7-12(15)13(8-9)10-3-5-11(14)6-4-10/h2-8,14H,1H3/i1D3. The average molecular weight is 204 g/mol. The molecule has 0 aliphatic heterocycles. The minimum Gasteiger partial charge on any atom is -0.508 e. The van der Waals surface area contributed by atoms with E-state index in [-0.39, 0.29) is 16.9 Å². The first-order chi connectivity index (χ1) is 8.38. The second-order valence-electron chi connectivity index (χ2n) is 3.14. The van der Waals surface area contributed by atoms with Crippen LogP contribution in [0.4, 0.5) is 0 Å². The van der Waals surface area contributed by atoms with E-state index in [0.717, 1.165) is 0 Å². The topological polar surface area (TPSA) is 42.2 Å². The number of aromatic nitrogens is 1. The van der Waals surface area contributed by atoms with Gasteiger partial charge in [0.2, 0.25) is 0 Å². The Bertz CT molecular complexity index is 614. The van der Waals surface area contributed by atoms with Crippen LogP contribution in [0.2, 0.25) is 0 Å². The highest BCUT2D eigenvalue weighted by Crippen LogP contribution is 2.12. The second-order valence-corrected chi connectivity index (χ2v) is 3.14. The highest BCUT2D eigenvalue weighted by Gasteiger charge is 1.99. The summed E-state index contributed by atoms with van der Waals surface area (Å²) >= 11 is 0. The van der Waals surface area contributed by atoms with Crippen LogP contribution >= 0.6 is 0 Å². The van der Waals surface area contributed by atoms with E-state index in [0.29, 0.717) is 5.69 Å². The number of phenols is 1. The molecule has 0 fully saturated rings. The first-order valence-corrected chi connectivity index (χ1v) is 4.40. The maximum absolute atomic E-state index is 11.7. The Labute approximate surface area is 91.5 Å². The number of aryl methyl sites for hydroxylation is 1. The third-order valence-corrected chi connectivity index (χ3v) is 2.04. The van der Waals surface area contributed by atoms with Gasteiger partial charge >= 0.3 is 0 Å². The minimum absolute atomic E-state index is 0.0822. The molecule has 0 amide bonds. The summed E-state index contributed by atoms with van der Waals surface area (Å²) in [5, 5.41) is 9.18. The molecule has 0 aliphatic rings. The Kier molecular flexibility index (Phi) is 1.55. The smallest absolute Gasteiger partial charge is 0.255 e. The van der Waals surface area contributed by atoms with Crippen molar-refractivity contribution in [2.24, 2.45) is 0 Å². The number of hydrogen-bond donors (Lipinski definition) is 1. The van der Waals surface area contributed by atoms with Gasteiger partial charge < -0.3 is 5.11 Å². The van der Waals surface area contributed by atoms with Crippen molar-refractivity contribution >= 4 is 0 Å². The quantitative estimate of drug-likeness (QED) is 0.770. The number of pyridine rings is 1. The summed E-state index contributed by atoms with van der Waals surface area (Å²) in [4.78, 5) is 11.7. The maximum atomic E-state index is 11.7. The predicted octanol–water partition coefficient (Wildman–Crippen LogP) is 1.85. The Morgan fingerprint density at radius 1 is 1.20 bits per heavy atom. The van der Waals surface area contributed by atoms with Gasteiger partial charge in [-0.15, -0.1) is 0 Å². The van der Waals surface area contributed by atoms with Gasteiger partial charge in [-0.1, -0.05) is 6.07 Å². The van der Waals surface area contributed by atoms with Crippen molar-refractivity contribution in [1.29, 1.82) is 0 Å². The number of benzene rings is 1. The summed E-state index contributed by atoms with van der Waals surface area (Å²) in [6, 6.07) is 8.47. The van der Waals surface area contributed by atoms with Crippen molar-refractivity contribution in [2.75, 3.05) is 0 Å². The van der Waals surface area contributed by atoms with Crippen LogP contribution < -0.4 is 5.56 Å². The Hall–Kier alpha value is -2.03. The Morgan fingerprint density at radius 2 is 1.93 bits per heavy atom. The summed E-state index contributed by atoms with van der Waals surface area (Å²) in [6.07, 6.45) is 1.29. The van der Waals surface area contributed by atoms with Crippen molar-refractivity contribution in [2.45, 2.75) is 6.85 Å². The fourth-order valence-corrected chi connectivity index (χ4v) is 1.30. The largest absolute Gasteiger partial charge is 0.508 e. The van der Waals surface area contributed by atoms with E-state index >= 15 is 0 Å². The molecule has 0 saturated heterocycles. The van der Waals surface area contributed by atoms with E-state index in [9.17, 15) is 9.90 Å². The number of aromatic hydroxyl groups is 1. The van der Waals surface area contributed by atoms with Crippen LogP contribution in [0, 0.1) is 6.85 Å². The molecule has 0 spiro atoms. The molecule has 76 valence electrons. The van der Waals surface area contributed by atoms with E-state index in [1.807, 2.05) is 0 Å². The SMILES string of the molecule is [2H]C([2H])([2H])c1ccc(=O)n(-c2ccc(O)cc2)c1. The molecular formula is C12H11NO2. The van der Waals surface area contributed by atoms with Gasteiger partial charge in [0, 0.05) is 22.1 Å². The molecule has 0 atom stereocenters. The van der Waals surface area contributed by atoms with Gasteiger partial charge in [0.15, 0.2) is 0 Å². The number of phenolic OH excluding ortho intramolecular Hbond substituents is 1. The normalized spacial score (nSPS) is 14.0. The molecule has 1 heterocycles. The molecule has 3 nitrogen and oxygen atoms in total. The van der Waals surface area contributed by atoms with Crippen LogP contribution in [-0.2, 0) is 0 Å². The summed E-state index contributed by atoms with van der Waals surface area (Å²) in [5.74, 6) is 0.0822. The lowest BCUT2D eigenvalue weighted by Crippen LogP contribution is -2.16. The van der Waals surface area contributed by atoms with Crippen molar-refractivity contribution in [3.8, 4) is 11.4 Å². The summed E-state index contributed by atoms with van der Waals surface area (Å²) in [6.45, 7) is -2.26. The van der Waals surface area contributed by atoms with Gasteiger partial charge in [0.1, 0.15) is 5.75 Å². The van der Waals surface area contributed by atoms with Crippen molar-refractivity contribution in [3.63, 3.8) is 0 Å². The van der Waals surface area contributed by atoms with Gasteiger partial charge in [0.05, 0.1) is 0 Å². The van der Waals surface area contributed by atoms with E-state index in [1.54, 1.807) is 12.1 Å². The molecule has 0 saturated carbocycles. The van der Waals surface area contributed by atoms with Crippen LogP contribution in [0.1, 0.15) is 9.68 Å². The molecule has 0 aliphatic carbocycles. The van der Waals surface area contributed by atoms with E-state index in [4.69, 9.17) is 4.11 Å². The first-order valence-electron chi connectivity index (χ1n) is 5.90. The number of rotatable bonds is 1. The molecule has 1 aromatic carbocycles. The highest BCUT2D eigenvalue weighted by atomic mass is 16.3. The Balaban J connectivity index is 2.57. The molecular weight excluding hydrogens is 190 g/mol. The van der Waals surface area contributed by atoms with Crippen LogP contribution in [0.15, 0.2) is 47.4 Å². The molecule has 0 unspecified atom stereocenters. The van der Waals surface area contributed by atoms with Gasteiger partial charge in [0.25, 0.3) is 5.56 Å². The van der Waals surface area contributed by atoms with Crippen molar-refractivity contribution < 1.29 is 9.22 Å². The molecule has 0 radical (unpaired) electrons. The highest BCUT2D eigenvalue weighted by molar-refractivity contribution is 5.37. The van der Waals surface area contributed by atoms with Gasteiger partial charge in [-0.2, -0.15) is 0 Å². The van der Waals surface area contributed by atoms with Crippen LogP contribution in [0.25, 0.3) is 5.69 Å². The zero-order chi connectivity index (χ0) is 13.3. The first kappa shape index (κ1) is 6.45. The number of hydrogen-bond acceptors (Lipinski definition) is 2. The molecule has 15 heavy (non-hydrogen) atoms. The van der Waals surface area contributed by atoms with Crippen molar-refractivity contribution in [3.05, 3.63) is 58.5 Å². The monoisotopic (exact) mass is 204 g/mol. The van der Waals surface area contributed by atoms with Gasteiger partial charge in [-0.05, 0) is 36.7 Å².